The first-order valence-electron chi connectivity index (χ1n) is 6.15. The molecule has 0 aliphatic carbocycles. The summed E-state index contributed by atoms with van der Waals surface area (Å²) in [5, 5.41) is 0. The van der Waals surface area contributed by atoms with E-state index in [9.17, 15) is 8.42 Å². The molecule has 0 atom stereocenters. The maximum atomic E-state index is 11.8. The Morgan fingerprint density at radius 2 is 2.00 bits per heavy atom. The van der Waals surface area contributed by atoms with Crippen LogP contribution in [0.3, 0.4) is 0 Å². The standard InChI is InChI=1S/C12H21N3O3S/c1-15(10-5-8-13)19(16,17)14-9-11-18-12-6-3-2-4-7-12/h2-4,6-7,14H,5,8-11,13H2,1H3. The van der Waals surface area contributed by atoms with E-state index >= 15 is 0 Å². The zero-order chi connectivity index (χ0) is 14.1. The Labute approximate surface area is 114 Å². The number of nitrogens with one attached hydrogen (secondary N) is 1. The quantitative estimate of drug-likeness (QED) is 0.635. The second kappa shape index (κ2) is 8.11. The van der Waals surface area contributed by atoms with Crippen LogP contribution in [0, 0.1) is 0 Å². The third kappa shape index (κ3) is 6.02. The summed E-state index contributed by atoms with van der Waals surface area (Å²) in [4.78, 5) is 0. The highest BCUT2D eigenvalue weighted by Gasteiger charge is 2.15. The summed E-state index contributed by atoms with van der Waals surface area (Å²) in [5.74, 6) is 0.721. The van der Waals surface area contributed by atoms with Crippen LogP contribution < -0.4 is 15.2 Å². The number of nitrogens with two attached hydrogens (primary N) is 1. The highest BCUT2D eigenvalue weighted by atomic mass is 32.2. The summed E-state index contributed by atoms with van der Waals surface area (Å²) >= 11 is 0. The van der Waals surface area contributed by atoms with Crippen LogP contribution in [0.1, 0.15) is 6.42 Å². The molecule has 0 unspecified atom stereocenters. The summed E-state index contributed by atoms with van der Waals surface area (Å²) in [7, 11) is -1.92. The van der Waals surface area contributed by atoms with Crippen LogP contribution >= 0.6 is 0 Å². The number of para-hydroxylation sites is 1. The predicted octanol–water partition coefficient (Wildman–Crippen LogP) is 0.180. The maximum absolute atomic E-state index is 11.8. The molecular formula is C12H21N3O3S. The van der Waals surface area contributed by atoms with Gasteiger partial charge in [-0.3, -0.25) is 0 Å². The summed E-state index contributed by atoms with van der Waals surface area (Å²) < 4.78 is 32.7. The van der Waals surface area contributed by atoms with Crippen molar-refractivity contribution in [2.75, 3.05) is 33.3 Å². The fourth-order valence-electron chi connectivity index (χ4n) is 1.40. The maximum Gasteiger partial charge on any atom is 0.279 e. The Hall–Kier alpha value is -1.15. The second-order valence-corrected chi connectivity index (χ2v) is 5.89. The number of hydrogen-bond donors (Lipinski definition) is 2. The van der Waals surface area contributed by atoms with Gasteiger partial charge in [0.25, 0.3) is 10.2 Å². The summed E-state index contributed by atoms with van der Waals surface area (Å²) in [5.41, 5.74) is 5.34. The number of benzene rings is 1. The fraction of sp³-hybridized carbons (Fsp3) is 0.500. The largest absolute Gasteiger partial charge is 0.492 e. The van der Waals surface area contributed by atoms with E-state index in [4.69, 9.17) is 10.5 Å². The molecule has 1 aromatic carbocycles. The molecule has 0 saturated carbocycles. The van der Waals surface area contributed by atoms with Crippen LogP contribution in [-0.4, -0.2) is 46.0 Å². The normalized spacial score (nSPS) is 11.7. The average Bonchev–Trinajstić information content (AvgIpc) is 2.42. The first kappa shape index (κ1) is 15.9. The van der Waals surface area contributed by atoms with Crippen molar-refractivity contribution in [3.63, 3.8) is 0 Å². The van der Waals surface area contributed by atoms with Gasteiger partial charge in [0.05, 0.1) is 0 Å². The number of ether oxygens (including phenoxy) is 1. The lowest BCUT2D eigenvalue weighted by atomic mass is 10.3. The molecule has 108 valence electrons. The molecule has 1 rings (SSSR count). The van der Waals surface area contributed by atoms with Gasteiger partial charge in [-0.05, 0) is 25.1 Å². The Morgan fingerprint density at radius 1 is 1.32 bits per heavy atom. The van der Waals surface area contributed by atoms with Gasteiger partial charge in [0.1, 0.15) is 12.4 Å². The van der Waals surface area contributed by atoms with Crippen molar-refractivity contribution in [3.8, 4) is 5.75 Å². The Kier molecular flexibility index (Phi) is 6.79. The van der Waals surface area contributed by atoms with Crippen molar-refractivity contribution < 1.29 is 13.2 Å². The van der Waals surface area contributed by atoms with E-state index in [1.54, 1.807) is 0 Å². The van der Waals surface area contributed by atoms with E-state index in [1.807, 2.05) is 30.3 Å². The minimum Gasteiger partial charge on any atom is -0.492 e. The van der Waals surface area contributed by atoms with Crippen LogP contribution in [0.2, 0.25) is 0 Å². The zero-order valence-electron chi connectivity index (χ0n) is 11.1. The van der Waals surface area contributed by atoms with E-state index in [-0.39, 0.29) is 13.2 Å². The van der Waals surface area contributed by atoms with Crippen molar-refractivity contribution >= 4 is 10.2 Å². The average molecular weight is 287 g/mol. The Bertz CT molecular complexity index is 451. The lowest BCUT2D eigenvalue weighted by molar-refractivity contribution is 0.320. The van der Waals surface area contributed by atoms with E-state index in [0.29, 0.717) is 19.5 Å². The lowest BCUT2D eigenvalue weighted by Crippen LogP contribution is -2.40. The van der Waals surface area contributed by atoms with Gasteiger partial charge >= 0.3 is 0 Å². The summed E-state index contributed by atoms with van der Waals surface area (Å²) in [6.07, 6.45) is 0.637. The van der Waals surface area contributed by atoms with Gasteiger partial charge in [-0.2, -0.15) is 17.4 Å². The molecule has 0 spiro atoms. The number of nitrogens with zero attached hydrogens (tertiary/aromatic N) is 1. The van der Waals surface area contributed by atoms with Crippen molar-refractivity contribution in [2.24, 2.45) is 5.73 Å². The van der Waals surface area contributed by atoms with Crippen molar-refractivity contribution in [2.45, 2.75) is 6.42 Å². The molecular weight excluding hydrogens is 266 g/mol. The molecule has 0 fully saturated rings. The topological polar surface area (TPSA) is 84.7 Å². The molecule has 0 bridgehead atoms. The van der Waals surface area contributed by atoms with Crippen LogP contribution in [0.5, 0.6) is 5.75 Å². The highest BCUT2D eigenvalue weighted by molar-refractivity contribution is 7.87. The highest BCUT2D eigenvalue weighted by Crippen LogP contribution is 2.07. The lowest BCUT2D eigenvalue weighted by Gasteiger charge is -2.17. The minimum absolute atomic E-state index is 0.226. The first-order chi connectivity index (χ1) is 9.06. The van der Waals surface area contributed by atoms with Gasteiger partial charge in [0.15, 0.2) is 0 Å². The summed E-state index contributed by atoms with van der Waals surface area (Å²) in [6.45, 7) is 1.39. The van der Waals surface area contributed by atoms with Gasteiger partial charge in [0, 0.05) is 20.1 Å². The molecule has 1 aromatic rings. The predicted molar refractivity (Wildman–Crippen MR) is 75.2 cm³/mol. The van der Waals surface area contributed by atoms with Crippen LogP contribution in [0.25, 0.3) is 0 Å². The van der Waals surface area contributed by atoms with Gasteiger partial charge in [-0.15, -0.1) is 0 Å². The van der Waals surface area contributed by atoms with E-state index < -0.39 is 10.2 Å². The molecule has 0 saturated heterocycles. The van der Waals surface area contributed by atoms with Crippen LogP contribution in [0.15, 0.2) is 30.3 Å². The number of hydrogen-bond acceptors (Lipinski definition) is 4. The Balaban J connectivity index is 2.28. The monoisotopic (exact) mass is 287 g/mol. The van der Waals surface area contributed by atoms with Gasteiger partial charge in [0.2, 0.25) is 0 Å². The SMILES string of the molecule is CN(CCCN)S(=O)(=O)NCCOc1ccccc1. The minimum atomic E-state index is -3.44. The molecule has 19 heavy (non-hydrogen) atoms. The van der Waals surface area contributed by atoms with Gasteiger partial charge in [-0.25, -0.2) is 0 Å². The third-order valence-corrected chi connectivity index (χ3v) is 4.06. The van der Waals surface area contributed by atoms with Gasteiger partial charge < -0.3 is 10.5 Å². The molecule has 3 N–H and O–H groups in total. The molecule has 0 radical (unpaired) electrons. The first-order valence-corrected chi connectivity index (χ1v) is 7.59. The molecule has 6 nitrogen and oxygen atoms in total. The zero-order valence-corrected chi connectivity index (χ0v) is 11.9. The van der Waals surface area contributed by atoms with Crippen molar-refractivity contribution in [3.05, 3.63) is 30.3 Å². The van der Waals surface area contributed by atoms with Crippen LogP contribution in [-0.2, 0) is 10.2 Å². The third-order valence-electron chi connectivity index (χ3n) is 2.49. The smallest absolute Gasteiger partial charge is 0.279 e. The summed E-state index contributed by atoms with van der Waals surface area (Å²) in [6, 6.07) is 9.26. The fourth-order valence-corrected chi connectivity index (χ4v) is 2.33. The van der Waals surface area contributed by atoms with E-state index in [1.165, 1.54) is 11.4 Å². The molecule has 0 heterocycles. The van der Waals surface area contributed by atoms with Gasteiger partial charge in [-0.1, -0.05) is 18.2 Å². The van der Waals surface area contributed by atoms with E-state index in [0.717, 1.165) is 5.75 Å². The molecule has 0 aliphatic rings. The Morgan fingerprint density at radius 3 is 2.63 bits per heavy atom. The molecule has 0 amide bonds. The van der Waals surface area contributed by atoms with Crippen molar-refractivity contribution in [1.82, 2.24) is 9.03 Å². The number of rotatable bonds is 9. The second-order valence-electron chi connectivity index (χ2n) is 4.02. The molecule has 0 aromatic heterocycles. The van der Waals surface area contributed by atoms with Crippen molar-refractivity contribution in [1.29, 1.82) is 0 Å². The van der Waals surface area contributed by atoms with E-state index in [2.05, 4.69) is 4.72 Å². The van der Waals surface area contributed by atoms with Crippen LogP contribution in [0.4, 0.5) is 0 Å². The molecule has 7 heteroatoms. The molecule has 0 aliphatic heterocycles.